The lowest BCUT2D eigenvalue weighted by atomic mass is 9.72. The minimum atomic E-state index is -1.21. The van der Waals surface area contributed by atoms with Gasteiger partial charge in [-0.1, -0.05) is 108 Å². The van der Waals surface area contributed by atoms with E-state index < -0.39 is 5.41 Å². The Morgan fingerprint density at radius 2 is 1.36 bits per heavy atom. The van der Waals surface area contributed by atoms with Crippen molar-refractivity contribution in [3.8, 4) is 22.5 Å². The second kappa shape index (κ2) is 9.33. The van der Waals surface area contributed by atoms with Crippen LogP contribution in [-0.4, -0.2) is 5.91 Å². The summed E-state index contributed by atoms with van der Waals surface area (Å²) in [5.41, 5.74) is 6.86. The first-order valence-corrected chi connectivity index (χ1v) is 15.3. The Kier molecular flexibility index (Phi) is 5.44. The molecule has 1 unspecified atom stereocenters. The summed E-state index contributed by atoms with van der Waals surface area (Å²) in [6.07, 6.45) is 0. The molecule has 0 fully saturated rings. The van der Waals surface area contributed by atoms with Crippen LogP contribution in [0.5, 0.6) is 0 Å². The predicted octanol–water partition coefficient (Wildman–Crippen LogP) is 10.4. The molecular formula is C39H23Cl2NO2. The average Bonchev–Trinajstić information content (AvgIpc) is 3.65. The highest BCUT2D eigenvalue weighted by Gasteiger charge is 2.60. The quantitative estimate of drug-likeness (QED) is 0.200. The molecule has 1 aliphatic heterocycles. The van der Waals surface area contributed by atoms with Crippen molar-refractivity contribution in [2.45, 2.75) is 12.0 Å². The minimum Gasteiger partial charge on any atom is -0.455 e. The molecule has 1 atom stereocenters. The van der Waals surface area contributed by atoms with Gasteiger partial charge in [0.1, 0.15) is 16.8 Å². The van der Waals surface area contributed by atoms with Gasteiger partial charge in [-0.25, -0.2) is 0 Å². The van der Waals surface area contributed by atoms with Gasteiger partial charge in [-0.15, -0.1) is 0 Å². The number of halogens is 2. The van der Waals surface area contributed by atoms with E-state index in [0.29, 0.717) is 22.4 Å². The molecule has 9 rings (SSSR count). The van der Waals surface area contributed by atoms with E-state index in [-0.39, 0.29) is 5.91 Å². The van der Waals surface area contributed by atoms with E-state index in [9.17, 15) is 0 Å². The number of rotatable bonds is 3. The fraction of sp³-hybridized carbons (Fsp3) is 0.0513. The van der Waals surface area contributed by atoms with Gasteiger partial charge in [0, 0.05) is 43.2 Å². The van der Waals surface area contributed by atoms with Crippen LogP contribution in [0, 0.1) is 0 Å². The number of fused-ring (bicyclic) bond motifs is 11. The van der Waals surface area contributed by atoms with Crippen LogP contribution in [0.2, 0.25) is 10.0 Å². The van der Waals surface area contributed by atoms with Crippen LogP contribution < -0.4 is 4.90 Å². The number of amides is 1. The number of carbonyl (C=O) groups is 1. The lowest BCUT2D eigenvalue weighted by Crippen LogP contribution is -2.40. The first kappa shape index (κ1) is 25.6. The molecule has 0 bridgehead atoms. The molecule has 1 aliphatic carbocycles. The maximum Gasteiger partial charge on any atom is 0.247 e. The fourth-order valence-electron chi connectivity index (χ4n) is 7.38. The molecule has 7 aromatic rings. The van der Waals surface area contributed by atoms with Gasteiger partial charge in [0.05, 0.1) is 6.54 Å². The first-order valence-electron chi connectivity index (χ1n) is 14.6. The van der Waals surface area contributed by atoms with E-state index in [0.717, 1.165) is 66.4 Å². The van der Waals surface area contributed by atoms with Crippen molar-refractivity contribution in [2.24, 2.45) is 0 Å². The Morgan fingerprint density at radius 1 is 0.682 bits per heavy atom. The number of anilines is 1. The number of hydrogen-bond acceptors (Lipinski definition) is 2. The van der Waals surface area contributed by atoms with Crippen molar-refractivity contribution in [3.05, 3.63) is 160 Å². The highest BCUT2D eigenvalue weighted by Crippen LogP contribution is 2.63. The number of hydrogen-bond donors (Lipinski definition) is 0. The van der Waals surface area contributed by atoms with Crippen LogP contribution in [0.4, 0.5) is 5.69 Å². The lowest BCUT2D eigenvalue weighted by molar-refractivity contribution is -0.120. The summed E-state index contributed by atoms with van der Waals surface area (Å²) in [5.74, 6) is 0.650. The van der Waals surface area contributed by atoms with E-state index >= 15 is 4.79 Å². The van der Waals surface area contributed by atoms with Crippen molar-refractivity contribution >= 4 is 56.5 Å². The molecule has 0 radical (unpaired) electrons. The number of nitrogens with zero attached hydrogens (tertiary/aromatic N) is 1. The van der Waals surface area contributed by atoms with Crippen molar-refractivity contribution in [1.82, 2.24) is 0 Å². The van der Waals surface area contributed by atoms with Gasteiger partial charge in [-0.3, -0.25) is 4.79 Å². The SMILES string of the molecule is O=C1N(Cc2ccccc2)c2ccc(Cl)cc2C12c1cc(Cl)ccc1-c1oc3c(c(-c4ccccc4)cc4ccccc43)c12. The molecule has 2 heterocycles. The van der Waals surface area contributed by atoms with E-state index in [1.807, 2.05) is 102 Å². The Morgan fingerprint density at radius 3 is 2.16 bits per heavy atom. The van der Waals surface area contributed by atoms with Gasteiger partial charge in [0.2, 0.25) is 5.91 Å². The van der Waals surface area contributed by atoms with E-state index in [1.165, 1.54) is 0 Å². The Balaban J connectivity index is 1.45. The maximum atomic E-state index is 15.4. The molecule has 1 aromatic heterocycles. The van der Waals surface area contributed by atoms with Crippen molar-refractivity contribution in [2.75, 3.05) is 4.90 Å². The zero-order chi connectivity index (χ0) is 29.6. The van der Waals surface area contributed by atoms with Crippen molar-refractivity contribution in [1.29, 1.82) is 0 Å². The summed E-state index contributed by atoms with van der Waals surface area (Å²) in [6.45, 7) is 0.422. The molecule has 210 valence electrons. The fourth-order valence-corrected chi connectivity index (χ4v) is 7.73. The van der Waals surface area contributed by atoms with Crippen LogP contribution in [0.3, 0.4) is 0 Å². The molecule has 44 heavy (non-hydrogen) atoms. The predicted molar refractivity (Wildman–Crippen MR) is 179 cm³/mol. The molecule has 5 heteroatoms. The van der Waals surface area contributed by atoms with E-state index in [2.05, 4.69) is 30.3 Å². The number of furan rings is 1. The van der Waals surface area contributed by atoms with Crippen molar-refractivity contribution in [3.63, 3.8) is 0 Å². The van der Waals surface area contributed by atoms with E-state index in [4.69, 9.17) is 27.6 Å². The Hall–Kier alpha value is -4.83. The molecule has 1 spiro atoms. The Labute approximate surface area is 263 Å². The third-order valence-electron chi connectivity index (χ3n) is 9.18. The first-order chi connectivity index (χ1) is 21.6. The van der Waals surface area contributed by atoms with Gasteiger partial charge in [-0.2, -0.15) is 0 Å². The molecular weight excluding hydrogens is 585 g/mol. The summed E-state index contributed by atoms with van der Waals surface area (Å²) in [7, 11) is 0. The summed E-state index contributed by atoms with van der Waals surface area (Å²) in [6, 6.07) is 42.4. The highest BCUT2D eigenvalue weighted by atomic mass is 35.5. The third-order valence-corrected chi connectivity index (χ3v) is 9.65. The summed E-state index contributed by atoms with van der Waals surface area (Å²) >= 11 is 13.5. The van der Waals surface area contributed by atoms with Crippen LogP contribution in [-0.2, 0) is 16.8 Å². The van der Waals surface area contributed by atoms with Gasteiger partial charge in [-0.05, 0) is 70.1 Å². The van der Waals surface area contributed by atoms with Crippen LogP contribution in [0.15, 0.2) is 132 Å². The molecule has 1 amide bonds. The summed E-state index contributed by atoms with van der Waals surface area (Å²) < 4.78 is 6.94. The molecule has 0 N–H and O–H groups in total. The standard InChI is InChI=1S/C39H23Cl2NO2/c40-26-15-17-29-31(20-26)39(32-21-27(41)16-18-33(32)42(38(39)43)22-23-9-3-1-4-10-23)35-34-30(24-11-5-2-6-12-24)19-25-13-7-8-14-28(25)36(34)44-37(29)35/h1-21H,22H2. The second-order valence-electron chi connectivity index (χ2n) is 11.5. The lowest BCUT2D eigenvalue weighted by Gasteiger charge is -2.27. The zero-order valence-electron chi connectivity index (χ0n) is 23.4. The monoisotopic (exact) mass is 607 g/mol. The molecule has 6 aromatic carbocycles. The van der Waals surface area contributed by atoms with Gasteiger partial charge in [0.15, 0.2) is 0 Å². The summed E-state index contributed by atoms with van der Waals surface area (Å²) in [4.78, 5) is 17.3. The van der Waals surface area contributed by atoms with Gasteiger partial charge in [0.25, 0.3) is 0 Å². The summed E-state index contributed by atoms with van der Waals surface area (Å²) in [5, 5.41) is 4.13. The van der Waals surface area contributed by atoms with Crippen LogP contribution in [0.1, 0.15) is 22.3 Å². The molecule has 2 aliphatic rings. The second-order valence-corrected chi connectivity index (χ2v) is 12.4. The topological polar surface area (TPSA) is 33.5 Å². The van der Waals surface area contributed by atoms with Gasteiger partial charge >= 0.3 is 0 Å². The zero-order valence-corrected chi connectivity index (χ0v) is 24.9. The number of benzene rings is 6. The molecule has 0 saturated heterocycles. The third kappa shape index (κ3) is 3.37. The van der Waals surface area contributed by atoms with Gasteiger partial charge < -0.3 is 9.32 Å². The van der Waals surface area contributed by atoms with Crippen LogP contribution >= 0.6 is 23.2 Å². The van der Waals surface area contributed by atoms with Crippen LogP contribution in [0.25, 0.3) is 44.2 Å². The van der Waals surface area contributed by atoms with Crippen molar-refractivity contribution < 1.29 is 9.21 Å². The highest BCUT2D eigenvalue weighted by molar-refractivity contribution is 6.32. The maximum absolute atomic E-state index is 15.4. The smallest absolute Gasteiger partial charge is 0.247 e. The number of carbonyl (C=O) groups excluding carboxylic acids is 1. The van der Waals surface area contributed by atoms with E-state index in [1.54, 1.807) is 0 Å². The Bertz CT molecular complexity index is 2310. The molecule has 0 saturated carbocycles. The minimum absolute atomic E-state index is 0.0456. The largest absolute Gasteiger partial charge is 0.455 e. The normalized spacial score (nSPS) is 16.6. The molecule has 3 nitrogen and oxygen atoms in total. The average molecular weight is 609 g/mol.